The summed E-state index contributed by atoms with van der Waals surface area (Å²) >= 11 is 0. The van der Waals surface area contributed by atoms with E-state index in [2.05, 4.69) is 10.3 Å². The van der Waals surface area contributed by atoms with Crippen molar-refractivity contribution in [1.82, 2.24) is 14.9 Å². The van der Waals surface area contributed by atoms with Gasteiger partial charge in [-0.15, -0.1) is 0 Å². The SMILES string of the molecule is Cc1cccc(OC(C)C(=O)NCc2ccccc2-n2ccnc2)c1. The lowest BCUT2D eigenvalue weighted by Crippen LogP contribution is -2.36. The fourth-order valence-electron chi connectivity index (χ4n) is 2.59. The molecule has 2 aromatic carbocycles. The van der Waals surface area contributed by atoms with Gasteiger partial charge in [-0.3, -0.25) is 4.79 Å². The minimum atomic E-state index is -0.567. The van der Waals surface area contributed by atoms with Crippen molar-refractivity contribution in [3.05, 3.63) is 78.4 Å². The van der Waals surface area contributed by atoms with E-state index in [9.17, 15) is 4.79 Å². The molecule has 0 bridgehead atoms. The van der Waals surface area contributed by atoms with Gasteiger partial charge in [0.15, 0.2) is 6.10 Å². The Kier molecular flexibility index (Phi) is 5.14. The van der Waals surface area contributed by atoms with Crippen LogP contribution in [-0.2, 0) is 11.3 Å². The van der Waals surface area contributed by atoms with Crippen LogP contribution >= 0.6 is 0 Å². The number of aromatic nitrogens is 2. The third kappa shape index (κ3) is 4.26. The van der Waals surface area contributed by atoms with E-state index in [1.54, 1.807) is 19.4 Å². The van der Waals surface area contributed by atoms with Crippen molar-refractivity contribution in [2.45, 2.75) is 26.5 Å². The average molecular weight is 335 g/mol. The van der Waals surface area contributed by atoms with Gasteiger partial charge in [0, 0.05) is 18.9 Å². The number of carbonyl (C=O) groups excluding carboxylic acids is 1. The maximum Gasteiger partial charge on any atom is 0.261 e. The van der Waals surface area contributed by atoms with Crippen LogP contribution in [0, 0.1) is 6.92 Å². The molecule has 128 valence electrons. The van der Waals surface area contributed by atoms with Crippen molar-refractivity contribution in [2.75, 3.05) is 0 Å². The molecular weight excluding hydrogens is 314 g/mol. The van der Waals surface area contributed by atoms with Gasteiger partial charge in [-0.1, -0.05) is 30.3 Å². The van der Waals surface area contributed by atoms with Crippen molar-refractivity contribution in [3.8, 4) is 11.4 Å². The van der Waals surface area contributed by atoms with E-state index in [4.69, 9.17) is 4.74 Å². The Morgan fingerprint density at radius 3 is 2.84 bits per heavy atom. The van der Waals surface area contributed by atoms with E-state index >= 15 is 0 Å². The number of ether oxygens (including phenoxy) is 1. The van der Waals surface area contributed by atoms with Crippen LogP contribution < -0.4 is 10.1 Å². The lowest BCUT2D eigenvalue weighted by Gasteiger charge is -2.16. The molecule has 1 heterocycles. The number of amides is 1. The quantitative estimate of drug-likeness (QED) is 0.752. The molecule has 0 fully saturated rings. The van der Waals surface area contributed by atoms with Gasteiger partial charge in [-0.25, -0.2) is 4.98 Å². The number of rotatable bonds is 6. The highest BCUT2D eigenvalue weighted by Crippen LogP contribution is 2.15. The van der Waals surface area contributed by atoms with Crippen LogP contribution in [0.1, 0.15) is 18.1 Å². The van der Waals surface area contributed by atoms with E-state index in [1.807, 2.05) is 66.2 Å². The van der Waals surface area contributed by atoms with E-state index in [-0.39, 0.29) is 5.91 Å². The number of para-hydroxylation sites is 1. The van der Waals surface area contributed by atoms with Crippen molar-refractivity contribution in [3.63, 3.8) is 0 Å². The molecule has 5 heteroatoms. The molecule has 5 nitrogen and oxygen atoms in total. The summed E-state index contributed by atoms with van der Waals surface area (Å²) < 4.78 is 7.65. The molecule has 0 radical (unpaired) electrons. The number of nitrogens with zero attached hydrogens (tertiary/aromatic N) is 2. The summed E-state index contributed by atoms with van der Waals surface area (Å²) in [6.45, 7) is 4.17. The summed E-state index contributed by atoms with van der Waals surface area (Å²) in [4.78, 5) is 16.4. The first-order valence-electron chi connectivity index (χ1n) is 8.21. The minimum Gasteiger partial charge on any atom is -0.481 e. The topological polar surface area (TPSA) is 56.1 Å². The van der Waals surface area contributed by atoms with E-state index in [0.717, 1.165) is 16.8 Å². The van der Waals surface area contributed by atoms with Crippen LogP contribution in [0.15, 0.2) is 67.3 Å². The molecule has 25 heavy (non-hydrogen) atoms. The second kappa shape index (κ2) is 7.66. The third-order valence-corrected chi connectivity index (χ3v) is 3.90. The fourth-order valence-corrected chi connectivity index (χ4v) is 2.59. The molecular formula is C20H21N3O2. The Hall–Kier alpha value is -3.08. The molecule has 0 saturated carbocycles. The third-order valence-electron chi connectivity index (χ3n) is 3.90. The van der Waals surface area contributed by atoms with Gasteiger partial charge in [0.1, 0.15) is 5.75 Å². The molecule has 0 aliphatic carbocycles. The summed E-state index contributed by atoms with van der Waals surface area (Å²) in [7, 11) is 0. The second-order valence-electron chi connectivity index (χ2n) is 5.89. The maximum absolute atomic E-state index is 12.3. The first-order chi connectivity index (χ1) is 12.1. The maximum atomic E-state index is 12.3. The number of imidazole rings is 1. The highest BCUT2D eigenvalue weighted by Gasteiger charge is 2.15. The summed E-state index contributed by atoms with van der Waals surface area (Å²) in [5, 5.41) is 2.94. The average Bonchev–Trinajstić information content (AvgIpc) is 3.14. The number of hydrogen-bond donors (Lipinski definition) is 1. The molecule has 0 aliphatic rings. The standard InChI is InChI=1S/C20H21N3O2/c1-15-6-5-8-18(12-15)25-16(2)20(24)22-13-17-7-3-4-9-19(17)23-11-10-21-14-23/h3-12,14,16H,13H2,1-2H3,(H,22,24). The lowest BCUT2D eigenvalue weighted by atomic mass is 10.1. The number of nitrogens with one attached hydrogen (secondary N) is 1. The summed E-state index contributed by atoms with van der Waals surface area (Å²) in [6, 6.07) is 15.6. The number of hydrogen-bond acceptors (Lipinski definition) is 3. The van der Waals surface area contributed by atoms with Crippen LogP contribution in [0.3, 0.4) is 0 Å². The van der Waals surface area contributed by atoms with Gasteiger partial charge >= 0.3 is 0 Å². The Morgan fingerprint density at radius 1 is 1.24 bits per heavy atom. The molecule has 0 spiro atoms. The van der Waals surface area contributed by atoms with Crippen molar-refractivity contribution in [1.29, 1.82) is 0 Å². The molecule has 1 N–H and O–H groups in total. The summed E-state index contributed by atoms with van der Waals surface area (Å²) in [5.74, 6) is 0.545. The predicted octanol–water partition coefficient (Wildman–Crippen LogP) is 3.26. The van der Waals surface area contributed by atoms with Gasteiger partial charge in [0.05, 0.1) is 12.0 Å². The van der Waals surface area contributed by atoms with Gasteiger partial charge in [-0.2, -0.15) is 0 Å². The molecule has 0 aliphatic heterocycles. The van der Waals surface area contributed by atoms with Crippen LogP contribution in [0.5, 0.6) is 5.75 Å². The largest absolute Gasteiger partial charge is 0.481 e. The molecule has 1 amide bonds. The zero-order valence-corrected chi connectivity index (χ0v) is 14.3. The second-order valence-corrected chi connectivity index (χ2v) is 5.89. The van der Waals surface area contributed by atoms with Crippen molar-refractivity contribution in [2.24, 2.45) is 0 Å². The zero-order valence-electron chi connectivity index (χ0n) is 14.3. The number of carbonyl (C=O) groups is 1. The molecule has 0 saturated heterocycles. The summed E-state index contributed by atoms with van der Waals surface area (Å²) in [5.41, 5.74) is 3.10. The molecule has 3 aromatic rings. The monoisotopic (exact) mass is 335 g/mol. The van der Waals surface area contributed by atoms with E-state index in [0.29, 0.717) is 12.3 Å². The Labute approximate surface area is 147 Å². The van der Waals surface area contributed by atoms with Gasteiger partial charge in [0.2, 0.25) is 0 Å². The molecule has 3 rings (SSSR count). The van der Waals surface area contributed by atoms with Gasteiger partial charge < -0.3 is 14.6 Å². The first-order valence-corrected chi connectivity index (χ1v) is 8.21. The fraction of sp³-hybridized carbons (Fsp3) is 0.200. The van der Waals surface area contributed by atoms with Crippen LogP contribution in [0.4, 0.5) is 0 Å². The predicted molar refractivity (Wildman–Crippen MR) is 96.7 cm³/mol. The van der Waals surface area contributed by atoms with Crippen LogP contribution in [-0.4, -0.2) is 21.6 Å². The molecule has 1 aromatic heterocycles. The first kappa shape index (κ1) is 16.8. The molecule has 1 atom stereocenters. The number of benzene rings is 2. The van der Waals surface area contributed by atoms with Crippen molar-refractivity contribution >= 4 is 5.91 Å². The zero-order chi connectivity index (χ0) is 17.6. The van der Waals surface area contributed by atoms with Crippen LogP contribution in [0.2, 0.25) is 0 Å². The van der Waals surface area contributed by atoms with Crippen LogP contribution in [0.25, 0.3) is 5.69 Å². The Morgan fingerprint density at radius 2 is 2.08 bits per heavy atom. The minimum absolute atomic E-state index is 0.151. The Bertz CT molecular complexity index is 844. The van der Waals surface area contributed by atoms with Gasteiger partial charge in [-0.05, 0) is 43.2 Å². The number of aryl methyl sites for hydroxylation is 1. The normalized spacial score (nSPS) is 11.8. The summed E-state index contributed by atoms with van der Waals surface area (Å²) in [6.07, 6.45) is 4.78. The lowest BCUT2D eigenvalue weighted by molar-refractivity contribution is -0.127. The smallest absolute Gasteiger partial charge is 0.261 e. The van der Waals surface area contributed by atoms with E-state index < -0.39 is 6.10 Å². The highest BCUT2D eigenvalue weighted by molar-refractivity contribution is 5.80. The van der Waals surface area contributed by atoms with Crippen molar-refractivity contribution < 1.29 is 9.53 Å². The Balaban J connectivity index is 1.63. The van der Waals surface area contributed by atoms with E-state index in [1.165, 1.54) is 0 Å². The highest BCUT2D eigenvalue weighted by atomic mass is 16.5. The molecule has 1 unspecified atom stereocenters. The van der Waals surface area contributed by atoms with Gasteiger partial charge in [0.25, 0.3) is 5.91 Å².